The molecule has 0 radical (unpaired) electrons. The Morgan fingerprint density at radius 3 is 2.84 bits per heavy atom. The second kappa shape index (κ2) is 9.79. The maximum absolute atomic E-state index is 5.81. The van der Waals surface area contributed by atoms with Gasteiger partial charge in [-0.15, -0.1) is 0 Å². The molecule has 0 fully saturated rings. The molecule has 0 saturated heterocycles. The largest absolute Gasteiger partial charge is 0.385 e. The lowest BCUT2D eigenvalue weighted by Crippen LogP contribution is -2.09. The van der Waals surface area contributed by atoms with E-state index in [1.54, 1.807) is 0 Å². The maximum Gasteiger partial charge on any atom is 0.0888 e. The zero-order valence-electron chi connectivity index (χ0n) is 12.6. The molecule has 1 heterocycles. The van der Waals surface area contributed by atoms with Gasteiger partial charge in [0.25, 0.3) is 0 Å². The number of rotatable bonds is 10. The van der Waals surface area contributed by atoms with E-state index in [1.807, 2.05) is 12.3 Å². The summed E-state index contributed by atoms with van der Waals surface area (Å²) in [4.78, 5) is 4.34. The quantitative estimate of drug-likeness (QED) is 0.686. The molecule has 1 N–H and O–H groups in total. The first kappa shape index (κ1) is 16.0. The maximum atomic E-state index is 5.81. The highest BCUT2D eigenvalue weighted by Gasteiger charge is 2.06. The van der Waals surface area contributed by atoms with Crippen molar-refractivity contribution in [1.82, 2.24) is 4.98 Å². The molecule has 1 unspecified atom stereocenters. The van der Waals surface area contributed by atoms with E-state index in [2.05, 4.69) is 37.1 Å². The van der Waals surface area contributed by atoms with E-state index in [1.165, 1.54) is 25.7 Å². The van der Waals surface area contributed by atoms with Crippen molar-refractivity contribution in [2.45, 2.75) is 53.1 Å². The van der Waals surface area contributed by atoms with Crippen molar-refractivity contribution in [2.24, 2.45) is 5.92 Å². The minimum atomic E-state index is 0.613. The monoisotopic (exact) mass is 264 g/mol. The van der Waals surface area contributed by atoms with Crippen LogP contribution in [0.2, 0.25) is 0 Å². The van der Waals surface area contributed by atoms with Gasteiger partial charge in [-0.3, -0.25) is 4.98 Å². The minimum Gasteiger partial charge on any atom is -0.385 e. The van der Waals surface area contributed by atoms with E-state index in [-0.39, 0.29) is 0 Å². The summed E-state index contributed by atoms with van der Waals surface area (Å²) in [5, 5.41) is 3.29. The average Bonchev–Trinajstić information content (AvgIpc) is 2.43. The molecule has 19 heavy (non-hydrogen) atoms. The summed E-state index contributed by atoms with van der Waals surface area (Å²) in [6.45, 7) is 8.97. The van der Waals surface area contributed by atoms with Crippen LogP contribution in [0.4, 0.5) is 5.69 Å². The van der Waals surface area contributed by atoms with E-state index < -0.39 is 0 Å². The Morgan fingerprint density at radius 1 is 1.32 bits per heavy atom. The van der Waals surface area contributed by atoms with E-state index in [4.69, 9.17) is 4.74 Å². The molecule has 1 rings (SSSR count). The molecule has 0 saturated carbocycles. The highest BCUT2D eigenvalue weighted by molar-refractivity contribution is 5.42. The lowest BCUT2D eigenvalue weighted by Gasteiger charge is -2.14. The van der Waals surface area contributed by atoms with Gasteiger partial charge in [-0.1, -0.05) is 33.1 Å². The predicted molar refractivity (Wildman–Crippen MR) is 81.4 cm³/mol. The summed E-state index contributed by atoms with van der Waals surface area (Å²) in [6, 6.07) is 4.06. The summed E-state index contributed by atoms with van der Waals surface area (Å²) in [5.74, 6) is 0.692. The number of aromatic nitrogens is 1. The fourth-order valence-corrected chi connectivity index (χ4v) is 2.10. The zero-order valence-corrected chi connectivity index (χ0v) is 12.6. The Labute approximate surface area is 117 Å². The number of ether oxygens (including phenoxy) is 1. The van der Waals surface area contributed by atoms with Gasteiger partial charge in [-0.25, -0.2) is 0 Å². The Kier molecular flexibility index (Phi) is 8.23. The molecule has 0 aliphatic carbocycles. The van der Waals surface area contributed by atoms with Crippen molar-refractivity contribution >= 4 is 5.69 Å². The molecule has 0 aliphatic heterocycles. The minimum absolute atomic E-state index is 0.613. The summed E-state index contributed by atoms with van der Waals surface area (Å²) in [6.07, 6.45) is 6.88. The summed E-state index contributed by atoms with van der Waals surface area (Å²) >= 11 is 0. The molecule has 0 bridgehead atoms. The highest BCUT2D eigenvalue weighted by atomic mass is 16.5. The third-order valence-electron chi connectivity index (χ3n) is 3.34. The van der Waals surface area contributed by atoms with Crippen LogP contribution in [0.5, 0.6) is 0 Å². The second-order valence-electron chi connectivity index (χ2n) is 5.00. The second-order valence-corrected chi connectivity index (χ2v) is 5.00. The Balaban J connectivity index is 2.33. The number of pyridine rings is 1. The van der Waals surface area contributed by atoms with Gasteiger partial charge in [0.2, 0.25) is 0 Å². The standard InChI is InChI=1S/C16H28N2O/c1-4-7-8-14(5-2)12-19-13-16-11-15(17-6-3)9-10-18-16/h9-11,14H,4-8,12-13H2,1-3H3,(H,17,18). The first-order valence-corrected chi connectivity index (χ1v) is 7.56. The molecule has 1 aromatic heterocycles. The number of nitrogens with zero attached hydrogens (tertiary/aromatic N) is 1. The van der Waals surface area contributed by atoms with Gasteiger partial charge >= 0.3 is 0 Å². The summed E-state index contributed by atoms with van der Waals surface area (Å²) in [5.41, 5.74) is 2.12. The Morgan fingerprint density at radius 2 is 2.16 bits per heavy atom. The van der Waals surface area contributed by atoms with Gasteiger partial charge in [0.1, 0.15) is 0 Å². The van der Waals surface area contributed by atoms with Crippen LogP contribution in [0.3, 0.4) is 0 Å². The van der Waals surface area contributed by atoms with E-state index in [0.29, 0.717) is 12.5 Å². The van der Waals surface area contributed by atoms with Gasteiger partial charge in [0.05, 0.1) is 12.3 Å². The van der Waals surface area contributed by atoms with Crippen molar-refractivity contribution in [2.75, 3.05) is 18.5 Å². The van der Waals surface area contributed by atoms with Gasteiger partial charge in [-0.2, -0.15) is 0 Å². The smallest absolute Gasteiger partial charge is 0.0888 e. The number of unbranched alkanes of at least 4 members (excludes halogenated alkanes) is 1. The fourth-order valence-electron chi connectivity index (χ4n) is 2.10. The molecular weight excluding hydrogens is 236 g/mol. The van der Waals surface area contributed by atoms with Crippen LogP contribution < -0.4 is 5.32 Å². The number of hydrogen-bond donors (Lipinski definition) is 1. The number of anilines is 1. The van der Waals surface area contributed by atoms with Crippen LogP contribution in [0.1, 0.15) is 52.1 Å². The summed E-state index contributed by atoms with van der Waals surface area (Å²) < 4.78 is 5.81. The SMILES string of the molecule is CCCCC(CC)COCc1cc(NCC)ccn1. The van der Waals surface area contributed by atoms with Crippen LogP contribution in [0, 0.1) is 5.92 Å². The van der Waals surface area contributed by atoms with Crippen molar-refractivity contribution in [3.63, 3.8) is 0 Å². The third-order valence-corrected chi connectivity index (χ3v) is 3.34. The molecule has 1 atom stereocenters. The fraction of sp³-hybridized carbons (Fsp3) is 0.688. The molecule has 0 amide bonds. The van der Waals surface area contributed by atoms with Crippen molar-refractivity contribution < 1.29 is 4.74 Å². The van der Waals surface area contributed by atoms with Gasteiger partial charge in [-0.05, 0) is 31.4 Å². The highest BCUT2D eigenvalue weighted by Crippen LogP contribution is 2.14. The molecule has 0 spiro atoms. The van der Waals surface area contributed by atoms with Gasteiger partial charge in [0.15, 0.2) is 0 Å². The first-order chi connectivity index (χ1) is 9.30. The topological polar surface area (TPSA) is 34.1 Å². The molecule has 3 nitrogen and oxygen atoms in total. The first-order valence-electron chi connectivity index (χ1n) is 7.56. The predicted octanol–water partition coefficient (Wildman–Crippen LogP) is 4.25. The van der Waals surface area contributed by atoms with Crippen LogP contribution in [-0.2, 0) is 11.3 Å². The third kappa shape index (κ3) is 6.58. The normalized spacial score (nSPS) is 12.4. The number of hydrogen-bond acceptors (Lipinski definition) is 3. The molecule has 108 valence electrons. The molecular formula is C16H28N2O. The van der Waals surface area contributed by atoms with E-state index >= 15 is 0 Å². The van der Waals surface area contributed by atoms with Crippen LogP contribution in [-0.4, -0.2) is 18.1 Å². The van der Waals surface area contributed by atoms with E-state index in [0.717, 1.165) is 24.5 Å². The van der Waals surface area contributed by atoms with Crippen molar-refractivity contribution in [1.29, 1.82) is 0 Å². The van der Waals surface area contributed by atoms with Crippen LogP contribution in [0.25, 0.3) is 0 Å². The molecule has 3 heteroatoms. The van der Waals surface area contributed by atoms with Crippen LogP contribution in [0.15, 0.2) is 18.3 Å². The van der Waals surface area contributed by atoms with Gasteiger partial charge in [0, 0.05) is 25.0 Å². The molecule has 1 aromatic rings. The lowest BCUT2D eigenvalue weighted by molar-refractivity contribution is 0.0800. The zero-order chi connectivity index (χ0) is 13.9. The van der Waals surface area contributed by atoms with E-state index in [9.17, 15) is 0 Å². The Bertz CT molecular complexity index is 341. The summed E-state index contributed by atoms with van der Waals surface area (Å²) in [7, 11) is 0. The lowest BCUT2D eigenvalue weighted by atomic mass is 10.0. The Hall–Kier alpha value is -1.09. The van der Waals surface area contributed by atoms with Crippen molar-refractivity contribution in [3.05, 3.63) is 24.0 Å². The van der Waals surface area contributed by atoms with Crippen molar-refractivity contribution in [3.8, 4) is 0 Å². The van der Waals surface area contributed by atoms with Gasteiger partial charge < -0.3 is 10.1 Å². The molecule has 0 aromatic carbocycles. The van der Waals surface area contributed by atoms with Crippen LogP contribution >= 0.6 is 0 Å². The average molecular weight is 264 g/mol. The molecule has 0 aliphatic rings. The number of nitrogens with one attached hydrogen (secondary N) is 1.